The highest BCUT2D eigenvalue weighted by atomic mass is 31.2. The number of unbranched alkanes of at least 4 members (excludes halogenated alkanes) is 27. The van der Waals surface area contributed by atoms with Gasteiger partial charge in [-0.15, -0.1) is 0 Å². The fourth-order valence-corrected chi connectivity index (χ4v) is 8.10. The van der Waals surface area contributed by atoms with Crippen molar-refractivity contribution in [2.24, 2.45) is 0 Å². The van der Waals surface area contributed by atoms with Crippen molar-refractivity contribution in [2.45, 2.75) is 251 Å². The van der Waals surface area contributed by atoms with E-state index in [0.29, 0.717) is 23.9 Å². The second-order valence-electron chi connectivity index (χ2n) is 19.0. The highest BCUT2D eigenvalue weighted by Gasteiger charge is 2.27. The molecule has 0 rings (SSSR count). The molecule has 63 heavy (non-hydrogen) atoms. The fraction of sp³-hybridized carbons (Fsp3) is 0.849. The molecular formula is C53H101N2O7P. The predicted octanol–water partition coefficient (Wildman–Crippen LogP) is 14.6. The summed E-state index contributed by atoms with van der Waals surface area (Å²) in [5, 5.41) is 3.00. The van der Waals surface area contributed by atoms with Crippen LogP contribution in [0.4, 0.5) is 0 Å². The Bertz CT molecular complexity index is 1180. The number of quaternary nitrogens is 1. The van der Waals surface area contributed by atoms with Crippen LogP contribution in [0.5, 0.6) is 0 Å². The topological polar surface area (TPSA) is 114 Å². The smallest absolute Gasteiger partial charge is 0.306 e. The first-order chi connectivity index (χ1) is 30.4. The highest BCUT2D eigenvalue weighted by molar-refractivity contribution is 7.45. The number of phosphoric acid groups is 1. The van der Waals surface area contributed by atoms with Crippen molar-refractivity contribution in [3.8, 4) is 0 Å². The van der Waals surface area contributed by atoms with E-state index in [1.54, 1.807) is 0 Å². The van der Waals surface area contributed by atoms with Gasteiger partial charge in [0.2, 0.25) is 5.91 Å². The maximum Gasteiger partial charge on any atom is 0.306 e. The molecule has 0 saturated heterocycles. The number of phosphoric ester groups is 1. The Morgan fingerprint density at radius 3 is 1.41 bits per heavy atom. The number of hydrogen-bond acceptors (Lipinski definition) is 7. The van der Waals surface area contributed by atoms with Crippen LogP contribution in [0.15, 0.2) is 36.5 Å². The maximum atomic E-state index is 13.4. The molecule has 3 atom stereocenters. The van der Waals surface area contributed by atoms with Crippen molar-refractivity contribution in [1.29, 1.82) is 0 Å². The molecule has 0 aliphatic rings. The number of nitrogens with zero attached hydrogens (tertiary/aromatic N) is 1. The molecule has 0 saturated carbocycles. The van der Waals surface area contributed by atoms with Gasteiger partial charge >= 0.3 is 5.97 Å². The second-order valence-corrected chi connectivity index (χ2v) is 20.4. The van der Waals surface area contributed by atoms with Gasteiger partial charge in [-0.3, -0.25) is 14.2 Å². The summed E-state index contributed by atoms with van der Waals surface area (Å²) in [4.78, 5) is 39.6. The van der Waals surface area contributed by atoms with Crippen molar-refractivity contribution in [3.05, 3.63) is 36.5 Å². The van der Waals surface area contributed by atoms with Gasteiger partial charge < -0.3 is 28.5 Å². The number of nitrogens with one attached hydrogen (secondary N) is 1. The van der Waals surface area contributed by atoms with Crippen molar-refractivity contribution < 1.29 is 37.3 Å². The number of esters is 1. The van der Waals surface area contributed by atoms with Crippen LogP contribution < -0.4 is 10.2 Å². The standard InChI is InChI=1S/C53H101N2O7P/c1-7-10-13-16-19-22-25-27-28-31-33-36-39-42-45-52(56)54-50(49-61-63(58,59)60-48-47-55(4,5)6)51(44-41-38-35-32-30-26-23-20-17-14-11-8-2)62-53(57)46-43-40-37-34-29-24-21-18-15-12-9-3/h18,21,28,31,41,44,50-51H,7-17,19-20,22-27,29-30,32-40,42-43,45-49H2,1-6H3,(H-,54,56,58,59)/b21-18-,31-28-,44-41+. The summed E-state index contributed by atoms with van der Waals surface area (Å²) in [6.07, 6.45) is 49.6. The highest BCUT2D eigenvalue weighted by Crippen LogP contribution is 2.38. The molecule has 3 unspecified atom stereocenters. The number of ether oxygens (including phenoxy) is 1. The van der Waals surface area contributed by atoms with Gasteiger partial charge in [0, 0.05) is 12.8 Å². The minimum Gasteiger partial charge on any atom is -0.756 e. The van der Waals surface area contributed by atoms with E-state index in [4.69, 9.17) is 13.8 Å². The van der Waals surface area contributed by atoms with E-state index < -0.39 is 26.6 Å². The van der Waals surface area contributed by atoms with Crippen LogP contribution in [0, 0.1) is 0 Å². The molecule has 0 radical (unpaired) electrons. The molecule has 9 nitrogen and oxygen atoms in total. The van der Waals surface area contributed by atoms with E-state index in [2.05, 4.69) is 50.4 Å². The second kappa shape index (κ2) is 44.1. The van der Waals surface area contributed by atoms with Crippen molar-refractivity contribution in [1.82, 2.24) is 5.32 Å². The van der Waals surface area contributed by atoms with Crippen LogP contribution in [0.3, 0.4) is 0 Å². The van der Waals surface area contributed by atoms with E-state index in [-0.39, 0.29) is 24.9 Å². The molecule has 0 aromatic rings. The van der Waals surface area contributed by atoms with E-state index in [0.717, 1.165) is 89.9 Å². The van der Waals surface area contributed by atoms with Gasteiger partial charge in [-0.2, -0.15) is 0 Å². The normalized spacial score (nSPS) is 14.2. The van der Waals surface area contributed by atoms with E-state index in [1.807, 2.05) is 33.3 Å². The largest absolute Gasteiger partial charge is 0.756 e. The molecule has 10 heteroatoms. The monoisotopic (exact) mass is 909 g/mol. The zero-order valence-electron chi connectivity index (χ0n) is 42.0. The van der Waals surface area contributed by atoms with Gasteiger partial charge in [-0.05, 0) is 76.7 Å². The van der Waals surface area contributed by atoms with Crippen LogP contribution in [0.1, 0.15) is 239 Å². The first-order valence-corrected chi connectivity index (χ1v) is 27.8. The third kappa shape index (κ3) is 45.2. The van der Waals surface area contributed by atoms with Gasteiger partial charge in [0.05, 0.1) is 33.8 Å². The van der Waals surface area contributed by atoms with Gasteiger partial charge in [-0.1, -0.05) is 186 Å². The number of carbonyl (C=O) groups is 2. The summed E-state index contributed by atoms with van der Waals surface area (Å²) in [5.74, 6) is -0.569. The number of carbonyl (C=O) groups excluding carboxylic acids is 2. The molecule has 1 N–H and O–H groups in total. The third-order valence-electron chi connectivity index (χ3n) is 11.5. The van der Waals surface area contributed by atoms with Crippen LogP contribution in [-0.2, 0) is 27.9 Å². The van der Waals surface area contributed by atoms with Crippen LogP contribution in [0.25, 0.3) is 0 Å². The van der Waals surface area contributed by atoms with Crippen LogP contribution >= 0.6 is 7.82 Å². The zero-order chi connectivity index (χ0) is 46.5. The summed E-state index contributed by atoms with van der Waals surface area (Å²) >= 11 is 0. The molecule has 0 aliphatic carbocycles. The Morgan fingerprint density at radius 2 is 0.937 bits per heavy atom. The van der Waals surface area contributed by atoms with Gasteiger partial charge in [-0.25, -0.2) is 0 Å². The molecule has 0 heterocycles. The minimum absolute atomic E-state index is 0.0253. The lowest BCUT2D eigenvalue weighted by molar-refractivity contribution is -0.870. The zero-order valence-corrected chi connectivity index (χ0v) is 42.9. The van der Waals surface area contributed by atoms with Gasteiger partial charge in [0.15, 0.2) is 0 Å². The molecule has 1 amide bonds. The molecule has 370 valence electrons. The summed E-state index contributed by atoms with van der Waals surface area (Å²) < 4.78 is 30.1. The van der Waals surface area contributed by atoms with Gasteiger partial charge in [0.25, 0.3) is 7.82 Å². The SMILES string of the molecule is CCCC/C=C\CCCCCCCC(=O)OC(/C=C/CCCCCCCCCCCC)C(COP(=O)([O-])OCC[N+](C)(C)C)NC(=O)CCCCC/C=C\CCCCCCCCC. The lowest BCUT2D eigenvalue weighted by atomic mass is 10.0. The Balaban J connectivity index is 5.45. The van der Waals surface area contributed by atoms with Crippen molar-refractivity contribution in [3.63, 3.8) is 0 Å². The molecule has 0 bridgehead atoms. The summed E-state index contributed by atoms with van der Waals surface area (Å²) in [6.45, 7) is 6.77. The number of rotatable bonds is 47. The fourth-order valence-electron chi connectivity index (χ4n) is 7.38. The van der Waals surface area contributed by atoms with Crippen molar-refractivity contribution >= 4 is 19.7 Å². The Hall–Kier alpha value is -1.77. The van der Waals surface area contributed by atoms with Crippen molar-refractivity contribution in [2.75, 3.05) is 40.9 Å². The van der Waals surface area contributed by atoms with Crippen LogP contribution in [0.2, 0.25) is 0 Å². The third-order valence-corrected chi connectivity index (χ3v) is 12.5. The first-order valence-electron chi connectivity index (χ1n) is 26.3. The summed E-state index contributed by atoms with van der Waals surface area (Å²) in [7, 11) is 1.17. The summed E-state index contributed by atoms with van der Waals surface area (Å²) in [5.41, 5.74) is 0. The molecule has 0 fully saturated rings. The molecular weight excluding hydrogens is 808 g/mol. The lowest BCUT2D eigenvalue weighted by Gasteiger charge is -2.30. The average molecular weight is 909 g/mol. The first kappa shape index (κ1) is 61.2. The van der Waals surface area contributed by atoms with E-state index in [1.165, 1.54) is 109 Å². The molecule has 0 aromatic carbocycles. The van der Waals surface area contributed by atoms with Crippen LogP contribution in [-0.4, -0.2) is 69.4 Å². The maximum absolute atomic E-state index is 13.4. The molecule has 0 aliphatic heterocycles. The Kier molecular flexibility index (Phi) is 42.8. The van der Waals surface area contributed by atoms with Gasteiger partial charge in [0.1, 0.15) is 19.3 Å². The molecule has 0 aromatic heterocycles. The van der Waals surface area contributed by atoms with E-state index >= 15 is 0 Å². The Labute approximate surface area is 389 Å². The quantitative estimate of drug-likeness (QED) is 0.0213. The minimum atomic E-state index is -4.69. The summed E-state index contributed by atoms with van der Waals surface area (Å²) in [6, 6.07) is -0.894. The van der Waals surface area contributed by atoms with E-state index in [9.17, 15) is 19.0 Å². The number of allylic oxidation sites excluding steroid dienone is 5. The number of hydrogen-bond donors (Lipinski definition) is 1. The molecule has 0 spiro atoms. The lowest BCUT2D eigenvalue weighted by Crippen LogP contribution is -2.47. The average Bonchev–Trinajstić information content (AvgIpc) is 3.23. The Morgan fingerprint density at radius 1 is 0.540 bits per heavy atom. The number of amides is 1. The predicted molar refractivity (Wildman–Crippen MR) is 266 cm³/mol. The number of likely N-dealkylation sites (N-methyl/N-ethyl adjacent to an activating group) is 1.